The fourth-order valence-electron chi connectivity index (χ4n) is 2.14. The van der Waals surface area contributed by atoms with Crippen LogP contribution in [0.3, 0.4) is 0 Å². The van der Waals surface area contributed by atoms with Crippen LogP contribution < -0.4 is 10.1 Å². The normalized spacial score (nSPS) is 18.3. The molecular weight excluding hydrogens is 298 g/mol. The van der Waals surface area contributed by atoms with Gasteiger partial charge in [-0.2, -0.15) is 13.8 Å². The van der Waals surface area contributed by atoms with E-state index in [1.54, 1.807) is 0 Å². The molecule has 1 aliphatic heterocycles. The number of alkyl halides is 2. The molecule has 1 saturated heterocycles. The lowest BCUT2D eigenvalue weighted by Crippen LogP contribution is -2.34. The lowest BCUT2D eigenvalue weighted by molar-refractivity contribution is -0.122. The second-order valence-corrected chi connectivity index (χ2v) is 4.76. The number of piperidine rings is 1. The van der Waals surface area contributed by atoms with Crippen LogP contribution in [0.4, 0.5) is 8.78 Å². The van der Waals surface area contributed by atoms with Gasteiger partial charge in [-0.1, -0.05) is 5.16 Å². The molecule has 1 unspecified atom stereocenters. The van der Waals surface area contributed by atoms with Gasteiger partial charge < -0.3 is 14.6 Å². The highest BCUT2D eigenvalue weighted by Gasteiger charge is 2.24. The molecule has 1 fully saturated rings. The molecule has 116 valence electrons. The van der Waals surface area contributed by atoms with Crippen molar-refractivity contribution in [2.24, 2.45) is 0 Å². The van der Waals surface area contributed by atoms with Crippen molar-refractivity contribution in [3.8, 4) is 17.3 Å². The SMILES string of the molecule is O=C1CCC(c2noc(-c3ccc(OC(F)F)nc3)n2)CN1. The fraction of sp³-hybridized carbons (Fsp3) is 0.385. The van der Waals surface area contributed by atoms with Gasteiger partial charge in [0.2, 0.25) is 11.8 Å². The average Bonchev–Trinajstić information content (AvgIpc) is 2.98. The summed E-state index contributed by atoms with van der Waals surface area (Å²) in [4.78, 5) is 19.1. The van der Waals surface area contributed by atoms with Crippen LogP contribution in [0, 0.1) is 0 Å². The number of ether oxygens (including phenoxy) is 1. The molecule has 0 radical (unpaired) electrons. The zero-order valence-electron chi connectivity index (χ0n) is 11.3. The van der Waals surface area contributed by atoms with Crippen molar-refractivity contribution in [2.75, 3.05) is 6.54 Å². The average molecular weight is 310 g/mol. The first kappa shape index (κ1) is 14.4. The summed E-state index contributed by atoms with van der Waals surface area (Å²) in [7, 11) is 0. The van der Waals surface area contributed by atoms with E-state index in [4.69, 9.17) is 4.52 Å². The summed E-state index contributed by atoms with van der Waals surface area (Å²) in [6.07, 6.45) is 2.40. The molecule has 9 heteroatoms. The third kappa shape index (κ3) is 3.18. The predicted octanol–water partition coefficient (Wildman–Crippen LogP) is 1.73. The van der Waals surface area contributed by atoms with Crippen molar-refractivity contribution in [1.82, 2.24) is 20.4 Å². The number of hydrogen-bond acceptors (Lipinski definition) is 6. The molecule has 1 amide bonds. The zero-order valence-corrected chi connectivity index (χ0v) is 11.3. The van der Waals surface area contributed by atoms with Gasteiger partial charge >= 0.3 is 6.61 Å². The van der Waals surface area contributed by atoms with Crippen LogP contribution in [0.5, 0.6) is 5.88 Å². The maximum atomic E-state index is 12.0. The van der Waals surface area contributed by atoms with E-state index in [0.29, 0.717) is 30.8 Å². The molecule has 0 aromatic carbocycles. The molecule has 7 nitrogen and oxygen atoms in total. The first-order chi connectivity index (χ1) is 10.6. The van der Waals surface area contributed by atoms with Crippen LogP contribution in [0.15, 0.2) is 22.9 Å². The van der Waals surface area contributed by atoms with E-state index < -0.39 is 6.61 Å². The highest BCUT2D eigenvalue weighted by molar-refractivity contribution is 5.76. The minimum atomic E-state index is -2.92. The topological polar surface area (TPSA) is 90.1 Å². The van der Waals surface area contributed by atoms with Crippen LogP contribution in [0.2, 0.25) is 0 Å². The Kier molecular flexibility index (Phi) is 3.94. The molecule has 2 aromatic rings. The zero-order chi connectivity index (χ0) is 15.5. The van der Waals surface area contributed by atoms with Crippen LogP contribution in [-0.2, 0) is 4.79 Å². The van der Waals surface area contributed by atoms with Crippen molar-refractivity contribution in [3.63, 3.8) is 0 Å². The van der Waals surface area contributed by atoms with E-state index in [1.165, 1.54) is 18.3 Å². The Labute approximate surface area is 123 Å². The molecule has 0 saturated carbocycles. The second-order valence-electron chi connectivity index (χ2n) is 4.76. The van der Waals surface area contributed by atoms with E-state index in [2.05, 4.69) is 25.2 Å². The molecule has 0 aliphatic carbocycles. The Bertz CT molecular complexity index is 650. The summed E-state index contributed by atoms with van der Waals surface area (Å²) in [5.41, 5.74) is 0.500. The number of carbonyl (C=O) groups excluding carboxylic acids is 1. The maximum absolute atomic E-state index is 12.0. The minimum absolute atomic E-state index is 0.00426. The minimum Gasteiger partial charge on any atom is -0.417 e. The Balaban J connectivity index is 1.72. The molecule has 1 aliphatic rings. The first-order valence-electron chi connectivity index (χ1n) is 6.63. The number of hydrogen-bond donors (Lipinski definition) is 1. The number of nitrogens with zero attached hydrogens (tertiary/aromatic N) is 3. The van der Waals surface area contributed by atoms with Crippen LogP contribution in [-0.4, -0.2) is 34.2 Å². The van der Waals surface area contributed by atoms with Crippen molar-refractivity contribution in [1.29, 1.82) is 0 Å². The molecule has 1 N–H and O–H groups in total. The van der Waals surface area contributed by atoms with E-state index in [1.807, 2.05) is 0 Å². The summed E-state index contributed by atoms with van der Waals surface area (Å²) < 4.78 is 33.4. The molecule has 2 aromatic heterocycles. The van der Waals surface area contributed by atoms with Gasteiger partial charge in [-0.25, -0.2) is 4.98 Å². The lowest BCUT2D eigenvalue weighted by atomic mass is 9.99. The fourth-order valence-corrected chi connectivity index (χ4v) is 2.14. The standard InChI is InChI=1S/C13H12F2N4O3/c14-13(15)21-10-4-2-8(6-17-10)12-18-11(19-22-12)7-1-3-9(20)16-5-7/h2,4,6-7,13H,1,3,5H2,(H,16,20). The van der Waals surface area contributed by atoms with Gasteiger partial charge in [0.15, 0.2) is 5.82 Å². The molecule has 22 heavy (non-hydrogen) atoms. The number of halogens is 2. The maximum Gasteiger partial charge on any atom is 0.388 e. The molecule has 0 spiro atoms. The summed E-state index contributed by atoms with van der Waals surface area (Å²) in [6.45, 7) is -2.45. The number of nitrogens with one attached hydrogen (secondary N) is 1. The molecule has 1 atom stereocenters. The van der Waals surface area contributed by atoms with Crippen molar-refractivity contribution in [2.45, 2.75) is 25.4 Å². The van der Waals surface area contributed by atoms with Crippen LogP contribution >= 0.6 is 0 Å². The second kappa shape index (κ2) is 6.04. The molecular formula is C13H12F2N4O3. The number of aromatic nitrogens is 3. The van der Waals surface area contributed by atoms with Gasteiger partial charge in [-0.05, 0) is 12.5 Å². The van der Waals surface area contributed by atoms with E-state index >= 15 is 0 Å². The van der Waals surface area contributed by atoms with E-state index in [0.717, 1.165) is 0 Å². The summed E-state index contributed by atoms with van der Waals surface area (Å²) >= 11 is 0. The van der Waals surface area contributed by atoms with Gasteiger partial charge in [-0.15, -0.1) is 0 Å². The lowest BCUT2D eigenvalue weighted by Gasteiger charge is -2.18. The van der Waals surface area contributed by atoms with Crippen molar-refractivity contribution >= 4 is 5.91 Å². The van der Waals surface area contributed by atoms with Gasteiger partial charge in [0.25, 0.3) is 5.89 Å². The number of rotatable bonds is 4. The largest absolute Gasteiger partial charge is 0.417 e. The molecule has 0 bridgehead atoms. The van der Waals surface area contributed by atoms with E-state index in [9.17, 15) is 13.6 Å². The van der Waals surface area contributed by atoms with Gasteiger partial charge in [0.1, 0.15) is 0 Å². The van der Waals surface area contributed by atoms with Crippen LogP contribution in [0.1, 0.15) is 24.6 Å². The summed E-state index contributed by atoms with van der Waals surface area (Å²) in [5.74, 6) is 0.572. The Morgan fingerprint density at radius 1 is 1.41 bits per heavy atom. The smallest absolute Gasteiger partial charge is 0.388 e. The third-order valence-corrected chi connectivity index (χ3v) is 3.27. The van der Waals surface area contributed by atoms with E-state index in [-0.39, 0.29) is 23.6 Å². The Hall–Kier alpha value is -2.58. The third-order valence-electron chi connectivity index (χ3n) is 3.27. The quantitative estimate of drug-likeness (QED) is 0.925. The van der Waals surface area contributed by atoms with Gasteiger partial charge in [-0.3, -0.25) is 4.79 Å². The van der Waals surface area contributed by atoms with Crippen LogP contribution in [0.25, 0.3) is 11.5 Å². The Morgan fingerprint density at radius 3 is 2.91 bits per heavy atom. The molecule has 3 heterocycles. The number of pyridine rings is 1. The van der Waals surface area contributed by atoms with Crippen molar-refractivity contribution in [3.05, 3.63) is 24.2 Å². The number of amides is 1. The Morgan fingerprint density at radius 2 is 2.27 bits per heavy atom. The van der Waals surface area contributed by atoms with Crippen molar-refractivity contribution < 1.29 is 22.8 Å². The monoisotopic (exact) mass is 310 g/mol. The summed E-state index contributed by atoms with van der Waals surface area (Å²) in [5, 5.41) is 6.64. The molecule has 3 rings (SSSR count). The highest BCUT2D eigenvalue weighted by atomic mass is 19.3. The first-order valence-corrected chi connectivity index (χ1v) is 6.63. The highest BCUT2D eigenvalue weighted by Crippen LogP contribution is 2.25. The predicted molar refractivity (Wildman–Crippen MR) is 69.1 cm³/mol. The number of carbonyl (C=O) groups is 1. The summed E-state index contributed by atoms with van der Waals surface area (Å²) in [6, 6.07) is 2.80. The van der Waals surface area contributed by atoms with Gasteiger partial charge in [0.05, 0.1) is 5.56 Å². The van der Waals surface area contributed by atoms with Gasteiger partial charge in [0, 0.05) is 31.1 Å².